The van der Waals surface area contributed by atoms with Crippen LogP contribution in [-0.4, -0.2) is 17.5 Å². The van der Waals surface area contributed by atoms with Gasteiger partial charge in [-0.25, -0.2) is 8.78 Å². The van der Waals surface area contributed by atoms with E-state index < -0.39 is 18.3 Å². The Bertz CT molecular complexity index is 635. The molecule has 0 spiro atoms. The highest BCUT2D eigenvalue weighted by Gasteiger charge is 2.29. The minimum atomic E-state index is -2.93. The number of carboxylic acids is 1. The molecule has 2 aromatic rings. The van der Waals surface area contributed by atoms with Crippen LogP contribution < -0.4 is 0 Å². The number of hydrogen-bond acceptors (Lipinski definition) is 1. The van der Waals surface area contributed by atoms with E-state index in [2.05, 4.69) is 6.58 Å². The van der Waals surface area contributed by atoms with Gasteiger partial charge in [0.2, 0.25) is 0 Å². The first-order chi connectivity index (χ1) is 9.02. The van der Waals surface area contributed by atoms with Gasteiger partial charge in [0.05, 0.1) is 0 Å². The maximum absolute atomic E-state index is 12.8. The van der Waals surface area contributed by atoms with Crippen LogP contribution in [0.15, 0.2) is 43.0 Å². The lowest BCUT2D eigenvalue weighted by atomic mass is 9.96. The van der Waals surface area contributed by atoms with Gasteiger partial charge in [0.1, 0.15) is 5.92 Å². The lowest BCUT2D eigenvalue weighted by Crippen LogP contribution is -2.19. The fraction of sp³-hybridized carbons (Fsp3) is 0.133. The first kappa shape index (κ1) is 13.2. The van der Waals surface area contributed by atoms with Gasteiger partial charge in [0.15, 0.2) is 0 Å². The molecular weight excluding hydrogens is 250 g/mol. The van der Waals surface area contributed by atoms with Gasteiger partial charge in [0.25, 0.3) is 6.43 Å². The molecule has 0 aliphatic carbocycles. The fourth-order valence-electron chi connectivity index (χ4n) is 2.00. The molecule has 98 valence electrons. The van der Waals surface area contributed by atoms with Crippen LogP contribution in [0.2, 0.25) is 0 Å². The zero-order chi connectivity index (χ0) is 14.0. The monoisotopic (exact) mass is 262 g/mol. The second-order valence-electron chi connectivity index (χ2n) is 4.22. The normalized spacial score (nSPS) is 12.6. The van der Waals surface area contributed by atoms with E-state index in [9.17, 15) is 13.6 Å². The van der Waals surface area contributed by atoms with Gasteiger partial charge in [0, 0.05) is 0 Å². The molecule has 0 radical (unpaired) electrons. The Morgan fingerprint density at radius 1 is 1.16 bits per heavy atom. The van der Waals surface area contributed by atoms with Crippen molar-refractivity contribution in [1.82, 2.24) is 0 Å². The highest BCUT2D eigenvalue weighted by molar-refractivity contribution is 5.87. The molecule has 2 nitrogen and oxygen atoms in total. The number of hydrogen-bond donors (Lipinski definition) is 1. The van der Waals surface area contributed by atoms with E-state index in [-0.39, 0.29) is 5.56 Å². The van der Waals surface area contributed by atoms with E-state index in [1.165, 1.54) is 12.1 Å². The van der Waals surface area contributed by atoms with Gasteiger partial charge in [-0.05, 0) is 28.0 Å². The van der Waals surface area contributed by atoms with Crippen LogP contribution in [0.5, 0.6) is 0 Å². The first-order valence-corrected chi connectivity index (χ1v) is 5.70. The van der Waals surface area contributed by atoms with E-state index in [0.717, 1.165) is 16.3 Å². The van der Waals surface area contributed by atoms with Crippen molar-refractivity contribution in [2.24, 2.45) is 0 Å². The third kappa shape index (κ3) is 2.62. The maximum atomic E-state index is 12.8. The molecule has 0 fully saturated rings. The molecule has 0 aliphatic heterocycles. The van der Waals surface area contributed by atoms with Crippen LogP contribution in [0.3, 0.4) is 0 Å². The third-order valence-corrected chi connectivity index (χ3v) is 3.00. The van der Waals surface area contributed by atoms with Gasteiger partial charge in [-0.2, -0.15) is 0 Å². The first-order valence-electron chi connectivity index (χ1n) is 5.70. The van der Waals surface area contributed by atoms with Gasteiger partial charge < -0.3 is 5.11 Å². The minimum Gasteiger partial charge on any atom is -0.481 e. The topological polar surface area (TPSA) is 37.3 Å². The Hall–Kier alpha value is -2.23. The zero-order valence-corrected chi connectivity index (χ0v) is 10.0. The molecule has 2 aromatic carbocycles. The Kier molecular flexibility index (Phi) is 3.60. The summed E-state index contributed by atoms with van der Waals surface area (Å²) in [5.41, 5.74) is 1.03. The van der Waals surface area contributed by atoms with E-state index in [1.54, 1.807) is 24.3 Å². The Labute approximate surface area is 109 Å². The molecule has 1 unspecified atom stereocenters. The van der Waals surface area contributed by atoms with Crippen LogP contribution in [0, 0.1) is 0 Å². The number of benzene rings is 2. The molecule has 19 heavy (non-hydrogen) atoms. The number of rotatable bonds is 4. The molecule has 0 bridgehead atoms. The predicted octanol–water partition coefficient (Wildman–Crippen LogP) is 3.92. The number of alkyl halides is 2. The summed E-state index contributed by atoms with van der Waals surface area (Å²) in [6.45, 7) is 3.65. The standard InChI is InChI=1S/C15H12F2O2/c1-2-9-3-4-11-8-12(6-5-10(11)7-9)13(14(16)17)15(18)19/h2-8,13-14H,1H2,(H,18,19). The predicted molar refractivity (Wildman–Crippen MR) is 70.4 cm³/mol. The zero-order valence-electron chi connectivity index (χ0n) is 10.0. The summed E-state index contributed by atoms with van der Waals surface area (Å²) in [5, 5.41) is 10.5. The summed E-state index contributed by atoms with van der Waals surface area (Å²) in [6.07, 6.45) is -1.24. The summed E-state index contributed by atoms with van der Waals surface area (Å²) >= 11 is 0. The lowest BCUT2D eigenvalue weighted by molar-refractivity contribution is -0.142. The van der Waals surface area contributed by atoms with Crippen molar-refractivity contribution in [1.29, 1.82) is 0 Å². The number of aliphatic carboxylic acids is 1. The third-order valence-electron chi connectivity index (χ3n) is 3.00. The Balaban J connectivity index is 2.52. The van der Waals surface area contributed by atoms with Crippen LogP contribution in [0.1, 0.15) is 17.0 Å². The van der Waals surface area contributed by atoms with E-state index in [1.807, 2.05) is 6.07 Å². The molecule has 0 aromatic heterocycles. The molecule has 0 heterocycles. The van der Waals surface area contributed by atoms with Crippen LogP contribution >= 0.6 is 0 Å². The van der Waals surface area contributed by atoms with Crippen molar-refractivity contribution < 1.29 is 18.7 Å². The maximum Gasteiger partial charge on any atom is 0.316 e. The van der Waals surface area contributed by atoms with E-state index >= 15 is 0 Å². The SMILES string of the molecule is C=Cc1ccc2cc(C(C(=O)O)C(F)F)ccc2c1. The van der Waals surface area contributed by atoms with Crippen LogP contribution in [0.25, 0.3) is 16.8 Å². The fourth-order valence-corrected chi connectivity index (χ4v) is 2.00. The van der Waals surface area contributed by atoms with Gasteiger partial charge in [-0.15, -0.1) is 0 Å². The molecule has 0 aliphatic rings. The van der Waals surface area contributed by atoms with Crippen LogP contribution in [-0.2, 0) is 4.79 Å². The smallest absolute Gasteiger partial charge is 0.316 e. The number of carbonyl (C=O) groups is 1. The highest BCUT2D eigenvalue weighted by atomic mass is 19.3. The van der Waals surface area contributed by atoms with Crippen molar-refractivity contribution in [3.63, 3.8) is 0 Å². The molecule has 0 saturated carbocycles. The Morgan fingerprint density at radius 3 is 2.37 bits per heavy atom. The van der Waals surface area contributed by atoms with Crippen molar-refractivity contribution >= 4 is 22.8 Å². The number of fused-ring (bicyclic) bond motifs is 1. The quantitative estimate of drug-likeness (QED) is 0.906. The number of halogens is 2. The summed E-state index contributed by atoms with van der Waals surface area (Å²) < 4.78 is 25.5. The van der Waals surface area contributed by atoms with E-state index in [0.29, 0.717) is 0 Å². The minimum absolute atomic E-state index is 0.112. The molecule has 2 rings (SSSR count). The van der Waals surface area contributed by atoms with Crippen molar-refractivity contribution in [3.8, 4) is 0 Å². The summed E-state index contributed by atoms with van der Waals surface area (Å²) in [4.78, 5) is 10.9. The van der Waals surface area contributed by atoms with E-state index in [4.69, 9.17) is 5.11 Å². The summed E-state index contributed by atoms with van der Waals surface area (Å²) in [7, 11) is 0. The van der Waals surface area contributed by atoms with Crippen LogP contribution in [0.4, 0.5) is 8.78 Å². The second kappa shape index (κ2) is 5.18. The average Bonchev–Trinajstić information content (AvgIpc) is 2.37. The summed E-state index contributed by atoms with van der Waals surface area (Å²) in [6, 6.07) is 10.0. The van der Waals surface area contributed by atoms with Gasteiger partial charge in [-0.3, -0.25) is 4.79 Å². The number of carboxylic acid groups (broad SMARTS) is 1. The molecule has 0 amide bonds. The molecule has 0 saturated heterocycles. The lowest BCUT2D eigenvalue weighted by Gasteiger charge is -2.12. The van der Waals surface area contributed by atoms with Crippen molar-refractivity contribution in [2.75, 3.05) is 0 Å². The van der Waals surface area contributed by atoms with Gasteiger partial charge in [-0.1, -0.05) is 43.0 Å². The average molecular weight is 262 g/mol. The van der Waals surface area contributed by atoms with Crippen molar-refractivity contribution in [2.45, 2.75) is 12.3 Å². The Morgan fingerprint density at radius 2 is 1.79 bits per heavy atom. The molecule has 1 N–H and O–H groups in total. The second-order valence-corrected chi connectivity index (χ2v) is 4.22. The molecular formula is C15H12F2O2. The highest BCUT2D eigenvalue weighted by Crippen LogP contribution is 2.27. The van der Waals surface area contributed by atoms with Crippen molar-refractivity contribution in [3.05, 3.63) is 54.1 Å². The molecule has 4 heteroatoms. The largest absolute Gasteiger partial charge is 0.481 e. The summed E-state index contributed by atoms with van der Waals surface area (Å²) in [5.74, 6) is -3.31. The van der Waals surface area contributed by atoms with Gasteiger partial charge >= 0.3 is 5.97 Å². The molecule has 1 atom stereocenters.